The van der Waals surface area contributed by atoms with Gasteiger partial charge in [0.05, 0.1) is 0 Å². The molecule has 0 radical (unpaired) electrons. The average molecular weight is 231 g/mol. The standard InChI is InChI=1S/C14H19N.C2H6/c1-15-8-4-7-13-9-11-5-2-3-6-12(11)10-14(13)15;1-2/h9-10H,2-8H2,1H3;1-2H3. The summed E-state index contributed by atoms with van der Waals surface area (Å²) in [5.41, 5.74) is 6.34. The van der Waals surface area contributed by atoms with Gasteiger partial charge in [0.1, 0.15) is 0 Å². The van der Waals surface area contributed by atoms with Gasteiger partial charge in [-0.2, -0.15) is 0 Å². The van der Waals surface area contributed by atoms with E-state index in [2.05, 4.69) is 24.1 Å². The Bertz CT molecular complexity index is 381. The molecule has 0 N–H and O–H groups in total. The molecule has 17 heavy (non-hydrogen) atoms. The lowest BCUT2D eigenvalue weighted by molar-refractivity contribution is 0.677. The highest BCUT2D eigenvalue weighted by Gasteiger charge is 2.18. The Morgan fingerprint density at radius 1 is 0.824 bits per heavy atom. The number of aryl methyl sites for hydroxylation is 3. The lowest BCUT2D eigenvalue weighted by Crippen LogP contribution is -2.25. The number of benzene rings is 1. The minimum absolute atomic E-state index is 1.23. The van der Waals surface area contributed by atoms with Crippen molar-refractivity contribution in [2.24, 2.45) is 0 Å². The fraction of sp³-hybridized carbons (Fsp3) is 0.625. The number of nitrogens with zero attached hydrogens (tertiary/aromatic N) is 1. The zero-order valence-electron chi connectivity index (χ0n) is 11.6. The molecule has 94 valence electrons. The van der Waals surface area contributed by atoms with Crippen molar-refractivity contribution in [3.63, 3.8) is 0 Å². The predicted octanol–water partition coefficient (Wildman–Crippen LogP) is 3.97. The number of hydrogen-bond donors (Lipinski definition) is 0. The maximum absolute atomic E-state index is 2.49. The fourth-order valence-electron chi connectivity index (χ4n) is 3.01. The molecule has 1 nitrogen and oxygen atoms in total. The first-order chi connectivity index (χ1) is 8.34. The van der Waals surface area contributed by atoms with Crippen LogP contribution in [0.3, 0.4) is 0 Å². The van der Waals surface area contributed by atoms with Crippen molar-refractivity contribution in [1.29, 1.82) is 0 Å². The van der Waals surface area contributed by atoms with Crippen LogP contribution in [0.25, 0.3) is 0 Å². The van der Waals surface area contributed by atoms with Crippen molar-refractivity contribution in [3.05, 3.63) is 28.8 Å². The molecule has 3 rings (SSSR count). The molecule has 0 fully saturated rings. The first-order valence-electron chi connectivity index (χ1n) is 7.20. The van der Waals surface area contributed by atoms with Gasteiger partial charge >= 0.3 is 0 Å². The van der Waals surface area contributed by atoms with Crippen molar-refractivity contribution in [1.82, 2.24) is 0 Å². The second-order valence-corrected chi connectivity index (χ2v) is 4.98. The Morgan fingerprint density at radius 3 is 2.12 bits per heavy atom. The van der Waals surface area contributed by atoms with E-state index in [1.807, 2.05) is 13.8 Å². The van der Waals surface area contributed by atoms with Crippen molar-refractivity contribution >= 4 is 5.69 Å². The van der Waals surface area contributed by atoms with Crippen molar-refractivity contribution in [2.45, 2.75) is 52.4 Å². The topological polar surface area (TPSA) is 3.24 Å². The van der Waals surface area contributed by atoms with Gasteiger partial charge in [-0.3, -0.25) is 0 Å². The first-order valence-corrected chi connectivity index (χ1v) is 7.20. The third-order valence-corrected chi connectivity index (χ3v) is 3.89. The quantitative estimate of drug-likeness (QED) is 0.653. The molecular formula is C16H25N. The normalized spacial score (nSPS) is 17.7. The summed E-state index contributed by atoms with van der Waals surface area (Å²) in [6.07, 6.45) is 8.00. The Balaban J connectivity index is 0.000000514. The highest BCUT2D eigenvalue weighted by atomic mass is 15.1. The second kappa shape index (κ2) is 5.57. The number of hydrogen-bond acceptors (Lipinski definition) is 1. The van der Waals surface area contributed by atoms with Gasteiger partial charge in [-0.25, -0.2) is 0 Å². The second-order valence-electron chi connectivity index (χ2n) is 4.98. The molecule has 1 aromatic rings. The molecule has 2 aliphatic rings. The largest absolute Gasteiger partial charge is 0.374 e. The van der Waals surface area contributed by atoms with Crippen LogP contribution in [0, 0.1) is 0 Å². The van der Waals surface area contributed by atoms with Crippen LogP contribution in [0.1, 0.15) is 49.8 Å². The van der Waals surface area contributed by atoms with Gasteiger partial charge in [-0.05, 0) is 61.3 Å². The maximum atomic E-state index is 2.49. The average Bonchev–Trinajstić information content (AvgIpc) is 2.40. The molecular weight excluding hydrogens is 206 g/mol. The minimum Gasteiger partial charge on any atom is -0.374 e. The number of anilines is 1. The van der Waals surface area contributed by atoms with Crippen molar-refractivity contribution in [2.75, 3.05) is 18.5 Å². The summed E-state index contributed by atoms with van der Waals surface area (Å²) in [5, 5.41) is 0. The van der Waals surface area contributed by atoms with E-state index >= 15 is 0 Å². The Hall–Kier alpha value is -0.980. The van der Waals surface area contributed by atoms with E-state index in [1.165, 1.54) is 50.8 Å². The van der Waals surface area contributed by atoms with E-state index in [0.717, 1.165) is 0 Å². The van der Waals surface area contributed by atoms with Crippen LogP contribution in [0.5, 0.6) is 0 Å². The maximum Gasteiger partial charge on any atom is 0.0399 e. The highest BCUT2D eigenvalue weighted by Crippen LogP contribution is 2.32. The third kappa shape index (κ3) is 2.48. The smallest absolute Gasteiger partial charge is 0.0399 e. The van der Waals surface area contributed by atoms with Crippen LogP contribution in [0.4, 0.5) is 5.69 Å². The molecule has 1 aromatic carbocycles. The summed E-state index contributed by atoms with van der Waals surface area (Å²) >= 11 is 0. The van der Waals surface area contributed by atoms with E-state index in [-0.39, 0.29) is 0 Å². The summed E-state index contributed by atoms with van der Waals surface area (Å²) in [5.74, 6) is 0. The zero-order chi connectivity index (χ0) is 12.3. The molecule has 1 heteroatoms. The molecule has 1 aliphatic carbocycles. The van der Waals surface area contributed by atoms with Gasteiger partial charge in [0.15, 0.2) is 0 Å². The molecule has 0 bridgehead atoms. The van der Waals surface area contributed by atoms with E-state index < -0.39 is 0 Å². The molecule has 0 atom stereocenters. The summed E-state index contributed by atoms with van der Waals surface area (Å²) in [7, 11) is 2.23. The Morgan fingerprint density at radius 2 is 1.41 bits per heavy atom. The van der Waals surface area contributed by atoms with E-state index in [1.54, 1.807) is 16.7 Å². The van der Waals surface area contributed by atoms with Crippen molar-refractivity contribution < 1.29 is 0 Å². The van der Waals surface area contributed by atoms with Crippen LogP contribution >= 0.6 is 0 Å². The lowest BCUT2D eigenvalue weighted by atomic mass is 9.87. The molecule has 0 saturated carbocycles. The third-order valence-electron chi connectivity index (χ3n) is 3.89. The summed E-state index contributed by atoms with van der Waals surface area (Å²) in [4.78, 5) is 2.42. The van der Waals surface area contributed by atoms with Crippen LogP contribution in [-0.4, -0.2) is 13.6 Å². The van der Waals surface area contributed by atoms with Gasteiger partial charge < -0.3 is 4.90 Å². The molecule has 0 unspecified atom stereocenters. The van der Waals surface area contributed by atoms with Gasteiger partial charge in [0, 0.05) is 19.3 Å². The molecule has 0 amide bonds. The van der Waals surface area contributed by atoms with E-state index in [0.29, 0.717) is 0 Å². The molecule has 0 saturated heterocycles. The number of rotatable bonds is 0. The summed E-state index contributed by atoms with van der Waals surface area (Å²) < 4.78 is 0. The van der Waals surface area contributed by atoms with Crippen molar-refractivity contribution in [3.8, 4) is 0 Å². The van der Waals surface area contributed by atoms with Gasteiger partial charge in [0.2, 0.25) is 0 Å². The van der Waals surface area contributed by atoms with Gasteiger partial charge in [-0.15, -0.1) is 0 Å². The highest BCUT2D eigenvalue weighted by molar-refractivity contribution is 5.59. The Kier molecular flexibility index (Phi) is 4.09. The van der Waals surface area contributed by atoms with Crippen LogP contribution in [0.2, 0.25) is 0 Å². The molecule has 0 aromatic heterocycles. The fourth-order valence-corrected chi connectivity index (χ4v) is 3.01. The Labute approximate surface area is 106 Å². The molecule has 0 spiro atoms. The van der Waals surface area contributed by atoms with Crippen LogP contribution in [-0.2, 0) is 19.3 Å². The predicted molar refractivity (Wildman–Crippen MR) is 76.0 cm³/mol. The molecule has 1 aliphatic heterocycles. The van der Waals surface area contributed by atoms with Gasteiger partial charge in [0.25, 0.3) is 0 Å². The number of fused-ring (bicyclic) bond motifs is 2. The zero-order valence-corrected chi connectivity index (χ0v) is 11.6. The van der Waals surface area contributed by atoms with Crippen LogP contribution < -0.4 is 4.90 Å². The van der Waals surface area contributed by atoms with Crippen LogP contribution in [0.15, 0.2) is 12.1 Å². The SMILES string of the molecule is CC.CN1CCCc2cc3c(cc21)CCCC3. The van der Waals surface area contributed by atoms with E-state index in [4.69, 9.17) is 0 Å². The lowest BCUT2D eigenvalue weighted by Gasteiger charge is -2.30. The molecule has 1 heterocycles. The summed E-state index contributed by atoms with van der Waals surface area (Å²) in [6.45, 7) is 5.23. The van der Waals surface area contributed by atoms with E-state index in [9.17, 15) is 0 Å². The first kappa shape index (κ1) is 12.5. The van der Waals surface area contributed by atoms with Gasteiger partial charge in [-0.1, -0.05) is 19.9 Å². The minimum atomic E-state index is 1.23. The summed E-state index contributed by atoms with van der Waals surface area (Å²) in [6, 6.07) is 4.95. The monoisotopic (exact) mass is 231 g/mol.